The van der Waals surface area contributed by atoms with Crippen LogP contribution in [0.15, 0.2) is 18.2 Å². The molecule has 0 fully saturated rings. The first-order chi connectivity index (χ1) is 8.20. The largest absolute Gasteiger partial charge is 0.573 e. The van der Waals surface area contributed by atoms with Gasteiger partial charge in [0.05, 0.1) is 0 Å². The number of benzene rings is 1. The Morgan fingerprint density at radius 3 is 2.37 bits per heavy atom. The Kier molecular flexibility index (Phi) is 6.45. The number of halogens is 4. The minimum absolute atomic E-state index is 0. The summed E-state index contributed by atoms with van der Waals surface area (Å²) in [6.07, 6.45) is -4.28. The Morgan fingerprint density at radius 1 is 1.32 bits per heavy atom. The van der Waals surface area contributed by atoms with Crippen molar-refractivity contribution < 1.29 is 23.0 Å². The SMILES string of the molecule is CC(C)C[C@H](N)c1cccc(OC(F)(F)F)c1O.Cl. The van der Waals surface area contributed by atoms with Gasteiger partial charge in [0.1, 0.15) is 0 Å². The van der Waals surface area contributed by atoms with Crippen LogP contribution in [0.3, 0.4) is 0 Å². The van der Waals surface area contributed by atoms with E-state index in [1.807, 2.05) is 13.8 Å². The monoisotopic (exact) mass is 299 g/mol. The second-order valence-electron chi connectivity index (χ2n) is 4.48. The zero-order valence-corrected chi connectivity index (χ0v) is 11.4. The Hall–Kier alpha value is -1.14. The van der Waals surface area contributed by atoms with Crippen LogP contribution in [0.1, 0.15) is 31.9 Å². The van der Waals surface area contributed by atoms with E-state index < -0.39 is 23.9 Å². The molecule has 0 saturated heterocycles. The number of para-hydroxylation sites is 1. The smallest absolute Gasteiger partial charge is 0.504 e. The normalized spacial score (nSPS) is 13.0. The first-order valence-electron chi connectivity index (χ1n) is 5.54. The molecular weight excluding hydrogens is 283 g/mol. The predicted octanol–water partition coefficient (Wildman–Crippen LogP) is 3.76. The van der Waals surface area contributed by atoms with Gasteiger partial charge in [-0.2, -0.15) is 0 Å². The van der Waals surface area contributed by atoms with Gasteiger partial charge in [0.15, 0.2) is 11.5 Å². The number of ether oxygens (including phenoxy) is 1. The molecule has 110 valence electrons. The lowest BCUT2D eigenvalue weighted by Gasteiger charge is -2.18. The molecule has 0 aliphatic heterocycles. The third kappa shape index (κ3) is 5.57. The second-order valence-corrected chi connectivity index (χ2v) is 4.48. The maximum atomic E-state index is 12.1. The third-order valence-corrected chi connectivity index (χ3v) is 2.38. The molecule has 3 N–H and O–H groups in total. The van der Waals surface area contributed by atoms with Gasteiger partial charge in [0.2, 0.25) is 0 Å². The summed E-state index contributed by atoms with van der Waals surface area (Å²) in [5, 5.41) is 9.73. The van der Waals surface area contributed by atoms with Gasteiger partial charge in [-0.15, -0.1) is 25.6 Å². The fraction of sp³-hybridized carbons (Fsp3) is 0.500. The van der Waals surface area contributed by atoms with Gasteiger partial charge in [0, 0.05) is 11.6 Å². The molecule has 1 aromatic carbocycles. The van der Waals surface area contributed by atoms with E-state index in [-0.39, 0.29) is 23.9 Å². The second kappa shape index (κ2) is 6.86. The van der Waals surface area contributed by atoms with Gasteiger partial charge in [-0.3, -0.25) is 0 Å². The third-order valence-electron chi connectivity index (χ3n) is 2.38. The van der Waals surface area contributed by atoms with Crippen molar-refractivity contribution in [3.05, 3.63) is 23.8 Å². The lowest BCUT2D eigenvalue weighted by molar-refractivity contribution is -0.275. The van der Waals surface area contributed by atoms with Gasteiger partial charge in [-0.25, -0.2) is 0 Å². The molecule has 0 aromatic heterocycles. The first-order valence-corrected chi connectivity index (χ1v) is 5.54. The molecule has 0 amide bonds. The molecule has 0 bridgehead atoms. The quantitative estimate of drug-likeness (QED) is 0.890. The van der Waals surface area contributed by atoms with Crippen LogP contribution in [0.25, 0.3) is 0 Å². The predicted molar refractivity (Wildman–Crippen MR) is 68.4 cm³/mol. The maximum Gasteiger partial charge on any atom is 0.573 e. The van der Waals surface area contributed by atoms with Crippen molar-refractivity contribution in [1.29, 1.82) is 0 Å². The van der Waals surface area contributed by atoms with Gasteiger partial charge in [-0.05, 0) is 18.4 Å². The van der Waals surface area contributed by atoms with Crippen LogP contribution in [0.2, 0.25) is 0 Å². The van der Waals surface area contributed by atoms with Crippen LogP contribution in [-0.4, -0.2) is 11.5 Å². The van der Waals surface area contributed by atoms with Gasteiger partial charge >= 0.3 is 6.36 Å². The molecule has 19 heavy (non-hydrogen) atoms. The molecule has 7 heteroatoms. The highest BCUT2D eigenvalue weighted by atomic mass is 35.5. The highest BCUT2D eigenvalue weighted by Gasteiger charge is 2.33. The zero-order chi connectivity index (χ0) is 13.9. The average Bonchev–Trinajstić information content (AvgIpc) is 2.18. The topological polar surface area (TPSA) is 55.5 Å². The van der Waals surface area contributed by atoms with E-state index in [0.29, 0.717) is 6.42 Å². The highest BCUT2D eigenvalue weighted by Crippen LogP contribution is 2.37. The van der Waals surface area contributed by atoms with Crippen molar-refractivity contribution in [3.8, 4) is 11.5 Å². The van der Waals surface area contributed by atoms with Gasteiger partial charge < -0.3 is 15.6 Å². The number of phenolic OH excluding ortho intramolecular Hbond substituents is 1. The number of nitrogens with two attached hydrogens (primary N) is 1. The molecule has 0 aliphatic carbocycles. The van der Waals surface area contributed by atoms with Crippen LogP contribution in [-0.2, 0) is 0 Å². The lowest BCUT2D eigenvalue weighted by atomic mass is 9.97. The number of hydrogen-bond donors (Lipinski definition) is 2. The molecule has 0 unspecified atom stereocenters. The summed E-state index contributed by atoms with van der Waals surface area (Å²) < 4.78 is 40.0. The van der Waals surface area contributed by atoms with E-state index in [1.165, 1.54) is 12.1 Å². The zero-order valence-electron chi connectivity index (χ0n) is 10.6. The Labute approximate surface area is 116 Å². The van der Waals surface area contributed by atoms with E-state index in [1.54, 1.807) is 0 Å². The molecule has 0 aliphatic rings. The van der Waals surface area contributed by atoms with E-state index in [4.69, 9.17) is 5.73 Å². The molecule has 0 saturated carbocycles. The molecule has 0 radical (unpaired) electrons. The summed E-state index contributed by atoms with van der Waals surface area (Å²) in [6, 6.07) is 3.39. The number of aromatic hydroxyl groups is 1. The molecular formula is C12H17ClF3NO2. The standard InChI is InChI=1S/C12H16F3NO2.ClH/c1-7(2)6-9(16)8-4-3-5-10(11(8)17)18-12(13,14)15;/h3-5,7,9,17H,6,16H2,1-2H3;1H/t9-;/m0./s1. The summed E-state index contributed by atoms with van der Waals surface area (Å²) in [6.45, 7) is 3.87. The molecule has 3 nitrogen and oxygen atoms in total. The fourth-order valence-electron chi connectivity index (χ4n) is 1.68. The summed E-state index contributed by atoms with van der Waals surface area (Å²) in [4.78, 5) is 0. The van der Waals surface area contributed by atoms with Crippen molar-refractivity contribution >= 4 is 12.4 Å². The van der Waals surface area contributed by atoms with Crippen molar-refractivity contribution in [3.63, 3.8) is 0 Å². The number of rotatable bonds is 4. The minimum atomic E-state index is -4.84. The molecule has 0 spiro atoms. The number of phenols is 1. The van der Waals surface area contributed by atoms with Crippen LogP contribution in [0.5, 0.6) is 11.5 Å². The Morgan fingerprint density at radius 2 is 1.89 bits per heavy atom. The van der Waals surface area contributed by atoms with Crippen LogP contribution < -0.4 is 10.5 Å². The van der Waals surface area contributed by atoms with Crippen molar-refractivity contribution in [1.82, 2.24) is 0 Å². The fourth-order valence-corrected chi connectivity index (χ4v) is 1.68. The minimum Gasteiger partial charge on any atom is -0.504 e. The van der Waals surface area contributed by atoms with Crippen LogP contribution in [0.4, 0.5) is 13.2 Å². The average molecular weight is 300 g/mol. The maximum absolute atomic E-state index is 12.1. The van der Waals surface area contributed by atoms with Gasteiger partial charge in [-0.1, -0.05) is 26.0 Å². The Bertz CT molecular complexity index is 410. The first kappa shape index (κ1) is 17.9. The number of hydrogen-bond acceptors (Lipinski definition) is 3. The van der Waals surface area contributed by atoms with Crippen molar-refractivity contribution in [2.24, 2.45) is 11.7 Å². The summed E-state index contributed by atoms with van der Waals surface area (Å²) >= 11 is 0. The molecule has 1 rings (SSSR count). The van der Waals surface area contributed by atoms with Gasteiger partial charge in [0.25, 0.3) is 0 Å². The molecule has 0 heterocycles. The van der Waals surface area contributed by atoms with E-state index >= 15 is 0 Å². The van der Waals surface area contributed by atoms with E-state index in [0.717, 1.165) is 6.07 Å². The Balaban J connectivity index is 0.00000324. The van der Waals surface area contributed by atoms with Crippen LogP contribution >= 0.6 is 12.4 Å². The van der Waals surface area contributed by atoms with E-state index in [9.17, 15) is 18.3 Å². The molecule has 1 aromatic rings. The van der Waals surface area contributed by atoms with E-state index in [2.05, 4.69) is 4.74 Å². The molecule has 1 atom stereocenters. The summed E-state index contributed by atoms with van der Waals surface area (Å²) in [7, 11) is 0. The van der Waals surface area contributed by atoms with Crippen molar-refractivity contribution in [2.45, 2.75) is 32.7 Å². The summed E-state index contributed by atoms with van der Waals surface area (Å²) in [5.41, 5.74) is 6.09. The lowest BCUT2D eigenvalue weighted by Crippen LogP contribution is -2.18. The van der Waals surface area contributed by atoms with Crippen molar-refractivity contribution in [2.75, 3.05) is 0 Å². The number of alkyl halides is 3. The summed E-state index contributed by atoms with van der Waals surface area (Å²) in [5.74, 6) is -0.909. The highest BCUT2D eigenvalue weighted by molar-refractivity contribution is 5.85. The van der Waals surface area contributed by atoms with Crippen LogP contribution in [0, 0.1) is 5.92 Å².